The Morgan fingerprint density at radius 1 is 0.493 bits per heavy atom. The van der Waals surface area contributed by atoms with Gasteiger partial charge in [0.2, 0.25) is 0 Å². The Labute approximate surface area is 420 Å². The summed E-state index contributed by atoms with van der Waals surface area (Å²) in [6, 6.07) is 0. The number of aliphatic hydroxyl groups excluding tert-OH is 2. The molecule has 1 aliphatic rings. The zero-order valence-corrected chi connectivity index (χ0v) is 47.1. The summed E-state index contributed by atoms with van der Waals surface area (Å²) in [6.45, 7) is 86.6. The molecule has 1 heterocycles. The number of hydrogen-bond donors (Lipinski definition) is 2. The van der Waals surface area contributed by atoms with E-state index in [2.05, 4.69) is 137 Å². The fourth-order valence-corrected chi connectivity index (χ4v) is 1.78. The van der Waals surface area contributed by atoms with Crippen molar-refractivity contribution in [2.45, 2.75) is 171 Å². The van der Waals surface area contributed by atoms with Gasteiger partial charge in [-0.05, 0) is 96.3 Å². The van der Waals surface area contributed by atoms with Gasteiger partial charge in [-0.1, -0.05) is 188 Å². The lowest BCUT2D eigenvalue weighted by Crippen LogP contribution is -1.91. The van der Waals surface area contributed by atoms with Crippen LogP contribution in [-0.2, 0) is 33.2 Å². The third-order valence-corrected chi connectivity index (χ3v) is 4.92. The van der Waals surface area contributed by atoms with Gasteiger partial charge in [0.05, 0.1) is 39.1 Å². The molecule has 2 N–H and O–H groups in total. The van der Waals surface area contributed by atoms with Crippen molar-refractivity contribution in [3.05, 3.63) is 161 Å². The zero-order valence-electron chi connectivity index (χ0n) is 47.1. The summed E-state index contributed by atoms with van der Waals surface area (Å²) >= 11 is 0. The van der Waals surface area contributed by atoms with Gasteiger partial charge in [0.25, 0.3) is 0 Å². The van der Waals surface area contributed by atoms with Gasteiger partial charge >= 0.3 is 0 Å². The molecule has 0 bridgehead atoms. The molecule has 1 atom stereocenters. The van der Waals surface area contributed by atoms with Crippen LogP contribution in [0.2, 0.25) is 0 Å². The Balaban J connectivity index is -0.0000000439. The van der Waals surface area contributed by atoms with Crippen molar-refractivity contribution in [2.75, 3.05) is 46.6 Å². The monoisotopic (exact) mass is 957 g/mol. The molecular weight excluding hydrogens is 841 g/mol. The van der Waals surface area contributed by atoms with Crippen molar-refractivity contribution in [1.29, 1.82) is 0 Å². The summed E-state index contributed by atoms with van der Waals surface area (Å²) in [7, 11) is 0. The quantitative estimate of drug-likeness (QED) is 0.0405. The molecule has 0 saturated carbocycles. The second kappa shape index (κ2) is 99.6. The van der Waals surface area contributed by atoms with Crippen molar-refractivity contribution in [3.8, 4) is 0 Å². The summed E-state index contributed by atoms with van der Waals surface area (Å²) in [5.74, 6) is 3.50. The van der Waals surface area contributed by atoms with Crippen LogP contribution in [0.15, 0.2) is 161 Å². The van der Waals surface area contributed by atoms with Gasteiger partial charge in [-0.25, -0.2) is 0 Å². The van der Waals surface area contributed by atoms with Crippen molar-refractivity contribution < 1.29 is 43.4 Å². The lowest BCUT2D eigenvalue weighted by Gasteiger charge is -2.03. The Morgan fingerprint density at radius 3 is 0.836 bits per heavy atom. The lowest BCUT2D eigenvalue weighted by molar-refractivity contribution is 0.0467. The molecule has 0 radical (unpaired) electrons. The molecule has 67 heavy (non-hydrogen) atoms. The molecule has 0 aromatic heterocycles. The summed E-state index contributed by atoms with van der Waals surface area (Å²) in [5, 5.41) is 16.2. The molecule has 0 amide bonds. The van der Waals surface area contributed by atoms with E-state index in [0.29, 0.717) is 60.5 Å². The highest BCUT2D eigenvalue weighted by atomic mass is 16.6. The van der Waals surface area contributed by atoms with Crippen LogP contribution in [0.25, 0.3) is 0 Å². The first-order valence-electron chi connectivity index (χ1n) is 23.3. The SMILES string of the molecule is C.C=C(C)C(=C)OCC.C=C(C)C(=C)OCC.C=C(C)C(=C)OCO.C=CC.C=CC(=C)OCC.C=CC(=C)OCCC.C=CC(=C)OCO.CC.CC.CC.CCC.CCC.CCC1CO1. The third-order valence-electron chi connectivity index (χ3n) is 4.92. The first-order valence-corrected chi connectivity index (χ1v) is 23.3. The molecule has 1 rings (SSSR count). The molecule has 402 valence electrons. The fraction of sp³-hybridized carbons (Fsp3) is 0.552. The van der Waals surface area contributed by atoms with Crippen LogP contribution in [0.4, 0.5) is 0 Å². The van der Waals surface area contributed by atoms with E-state index in [1.54, 1.807) is 25.2 Å². The van der Waals surface area contributed by atoms with Crippen LogP contribution < -0.4 is 0 Å². The Kier molecular flexibility index (Phi) is 143. The van der Waals surface area contributed by atoms with E-state index in [9.17, 15) is 0 Å². The highest BCUT2D eigenvalue weighted by Gasteiger charge is 2.18. The second-order valence-corrected chi connectivity index (χ2v) is 11.5. The van der Waals surface area contributed by atoms with Crippen LogP contribution >= 0.6 is 0 Å². The van der Waals surface area contributed by atoms with Gasteiger partial charge in [-0.15, -0.1) is 6.58 Å². The molecule has 1 saturated heterocycles. The van der Waals surface area contributed by atoms with Crippen molar-refractivity contribution >= 4 is 0 Å². The Morgan fingerprint density at radius 2 is 0.731 bits per heavy atom. The Hall–Kier alpha value is -4.70. The lowest BCUT2D eigenvalue weighted by atomic mass is 10.3. The van der Waals surface area contributed by atoms with E-state index in [1.165, 1.54) is 25.3 Å². The van der Waals surface area contributed by atoms with Gasteiger partial charge < -0.3 is 43.4 Å². The summed E-state index contributed by atoms with van der Waals surface area (Å²) in [6.07, 6.45) is 11.7. The molecule has 0 aromatic rings. The molecule has 0 aliphatic carbocycles. The minimum absolute atomic E-state index is 0. The van der Waals surface area contributed by atoms with E-state index in [-0.39, 0.29) is 21.0 Å². The van der Waals surface area contributed by atoms with E-state index < -0.39 is 0 Å². The molecular formula is C58H116O9. The molecule has 1 fully saturated rings. The fourth-order valence-electron chi connectivity index (χ4n) is 1.78. The van der Waals surface area contributed by atoms with Crippen molar-refractivity contribution in [2.24, 2.45) is 0 Å². The number of ether oxygens (including phenoxy) is 7. The molecule has 0 spiro atoms. The van der Waals surface area contributed by atoms with E-state index in [4.69, 9.17) is 33.9 Å². The maximum atomic E-state index is 8.16. The molecule has 9 heteroatoms. The third kappa shape index (κ3) is 155. The van der Waals surface area contributed by atoms with Crippen LogP contribution in [-0.4, -0.2) is 62.9 Å². The smallest absolute Gasteiger partial charge is 0.186 e. The van der Waals surface area contributed by atoms with Gasteiger partial charge in [0, 0.05) is 0 Å². The highest BCUT2D eigenvalue weighted by molar-refractivity contribution is 5.16. The number of allylic oxidation sites excluding steroid dienone is 7. The van der Waals surface area contributed by atoms with Gasteiger partial charge in [-0.2, -0.15) is 0 Å². The van der Waals surface area contributed by atoms with Crippen LogP contribution in [0.3, 0.4) is 0 Å². The zero-order chi connectivity index (χ0) is 55.3. The number of aliphatic hydroxyl groups is 2. The van der Waals surface area contributed by atoms with E-state index in [0.717, 1.165) is 36.4 Å². The molecule has 1 unspecified atom stereocenters. The minimum atomic E-state index is -0.329. The summed E-state index contributed by atoms with van der Waals surface area (Å²) in [5.41, 5.74) is 2.53. The second-order valence-electron chi connectivity index (χ2n) is 11.5. The summed E-state index contributed by atoms with van der Waals surface area (Å²) in [4.78, 5) is 0. The van der Waals surface area contributed by atoms with Gasteiger partial charge in [0.1, 0.15) is 34.6 Å². The topological polar surface area (TPSA) is 108 Å². The average molecular weight is 958 g/mol. The normalized spacial score (nSPS) is 9.06. The van der Waals surface area contributed by atoms with Crippen molar-refractivity contribution in [3.63, 3.8) is 0 Å². The molecule has 0 aromatic carbocycles. The maximum Gasteiger partial charge on any atom is 0.186 e. The minimum Gasteiger partial charge on any atom is -0.495 e. The highest BCUT2D eigenvalue weighted by Crippen LogP contribution is 2.11. The van der Waals surface area contributed by atoms with Crippen LogP contribution in [0, 0.1) is 0 Å². The summed E-state index contributed by atoms with van der Waals surface area (Å²) < 4.78 is 33.8. The predicted molar refractivity (Wildman–Crippen MR) is 306 cm³/mol. The molecule has 9 nitrogen and oxygen atoms in total. The maximum absolute atomic E-state index is 8.16. The van der Waals surface area contributed by atoms with Crippen molar-refractivity contribution in [1.82, 2.24) is 0 Å². The van der Waals surface area contributed by atoms with Gasteiger partial charge in [-0.3, -0.25) is 0 Å². The first-order chi connectivity index (χ1) is 31.1. The predicted octanol–water partition coefficient (Wildman–Crippen LogP) is 18.3. The van der Waals surface area contributed by atoms with Gasteiger partial charge in [0.15, 0.2) is 13.6 Å². The first kappa shape index (κ1) is 96.3. The van der Waals surface area contributed by atoms with Crippen LogP contribution in [0.1, 0.15) is 165 Å². The Bertz CT molecular complexity index is 1020. The standard InChI is InChI=1S/3C7H12O.C6H10O2.C6H10O.C5H8O2.C4H8O.2C3H8.C3H6.3C2H6.CH4/c2*1-5-8-7(4)6(2)3;1-4-6-8-7(3)5-2;1-5(2)6(3)8-4-7;1-4-6(3)7-5-2;1-3-5(2)7-4-6;1-2-4-3-5-4;3*1-3-2;3*1-2;/h2*2,4-5H2,1,3H3;5H,2-4,6H2,1H3;7H,1,3-4H2,2H3;4H,1,3,5H2,2H3;3,6H,1-2,4H2;4H,2-3H2,1H3;2*3H2,1-2H3;3H,1H2,2H3;3*1-2H3;1H4. The molecule has 1 aliphatic heterocycles. The average Bonchev–Trinajstić information content (AvgIpc) is 4.15. The van der Waals surface area contributed by atoms with E-state index >= 15 is 0 Å². The number of epoxide rings is 1. The number of rotatable bonds is 20. The largest absolute Gasteiger partial charge is 0.495 e. The number of hydrogen-bond acceptors (Lipinski definition) is 9. The van der Waals surface area contributed by atoms with Crippen LogP contribution in [0.5, 0.6) is 0 Å². The van der Waals surface area contributed by atoms with E-state index in [1.807, 2.05) is 83.1 Å².